The molecule has 1 atom stereocenters. The molecule has 2 heterocycles. The Morgan fingerprint density at radius 1 is 1.59 bits per heavy atom. The van der Waals surface area contributed by atoms with E-state index in [2.05, 4.69) is 22.1 Å². The molecule has 2 rings (SSSR count). The van der Waals surface area contributed by atoms with E-state index in [1.165, 1.54) is 19.4 Å². The number of pyridine rings is 1. The second-order valence-corrected chi connectivity index (χ2v) is 4.42. The summed E-state index contributed by atoms with van der Waals surface area (Å²) >= 11 is 0. The van der Waals surface area contributed by atoms with Crippen molar-refractivity contribution >= 4 is 5.69 Å². The van der Waals surface area contributed by atoms with Crippen LogP contribution in [0.15, 0.2) is 18.3 Å². The number of nitrogens with one attached hydrogen (secondary N) is 1. The Morgan fingerprint density at radius 3 is 3.12 bits per heavy atom. The van der Waals surface area contributed by atoms with Crippen molar-refractivity contribution in [2.75, 3.05) is 25.0 Å². The van der Waals surface area contributed by atoms with E-state index in [0.717, 1.165) is 18.8 Å². The minimum atomic E-state index is 0.467. The number of likely N-dealkylation sites (N-methyl/N-ethyl adjacent to an activating group) is 1. The van der Waals surface area contributed by atoms with E-state index >= 15 is 0 Å². The summed E-state index contributed by atoms with van der Waals surface area (Å²) in [5, 5.41) is 12.2. The van der Waals surface area contributed by atoms with Crippen molar-refractivity contribution in [3.05, 3.63) is 24.0 Å². The van der Waals surface area contributed by atoms with Gasteiger partial charge in [0.15, 0.2) is 0 Å². The van der Waals surface area contributed by atoms with E-state index in [9.17, 15) is 0 Å². The van der Waals surface area contributed by atoms with Gasteiger partial charge in [0.1, 0.15) is 11.8 Å². The fraction of sp³-hybridized carbons (Fsp3) is 0.538. The Kier molecular flexibility index (Phi) is 3.94. The molecule has 0 aromatic carbocycles. The molecule has 0 radical (unpaired) electrons. The van der Waals surface area contributed by atoms with Crippen LogP contribution < -0.4 is 5.32 Å². The maximum atomic E-state index is 8.68. The molecule has 17 heavy (non-hydrogen) atoms. The van der Waals surface area contributed by atoms with Crippen LogP contribution in [0.1, 0.15) is 25.5 Å². The van der Waals surface area contributed by atoms with Gasteiger partial charge in [0, 0.05) is 12.6 Å². The third-order valence-electron chi connectivity index (χ3n) is 3.20. The molecule has 0 aliphatic carbocycles. The Labute approximate surface area is 102 Å². The molecule has 0 spiro atoms. The van der Waals surface area contributed by atoms with Gasteiger partial charge in [0.25, 0.3) is 0 Å². The summed E-state index contributed by atoms with van der Waals surface area (Å²) in [7, 11) is 0. The first kappa shape index (κ1) is 11.9. The third-order valence-corrected chi connectivity index (χ3v) is 3.20. The highest BCUT2D eigenvalue weighted by molar-refractivity contribution is 5.43. The predicted octanol–water partition coefficient (Wildman–Crippen LogP) is 1.85. The van der Waals surface area contributed by atoms with Crippen molar-refractivity contribution in [2.24, 2.45) is 0 Å². The van der Waals surface area contributed by atoms with Crippen LogP contribution >= 0.6 is 0 Å². The molecule has 0 amide bonds. The molecule has 90 valence electrons. The van der Waals surface area contributed by atoms with Gasteiger partial charge in [-0.25, -0.2) is 4.98 Å². The van der Waals surface area contributed by atoms with E-state index < -0.39 is 0 Å². The van der Waals surface area contributed by atoms with Gasteiger partial charge < -0.3 is 10.2 Å². The zero-order chi connectivity index (χ0) is 12.1. The van der Waals surface area contributed by atoms with Gasteiger partial charge in [-0.2, -0.15) is 5.26 Å². The number of rotatable bonds is 3. The summed E-state index contributed by atoms with van der Waals surface area (Å²) < 4.78 is 0. The van der Waals surface area contributed by atoms with E-state index in [0.29, 0.717) is 11.7 Å². The molecule has 4 nitrogen and oxygen atoms in total. The van der Waals surface area contributed by atoms with Gasteiger partial charge in [-0.3, -0.25) is 0 Å². The SMILES string of the molecule is CCN1CCCC(Nc2ccc(C#N)nc2)C1. The topological polar surface area (TPSA) is 52.0 Å². The number of aromatic nitrogens is 1. The first-order chi connectivity index (χ1) is 8.31. The molecule has 0 bridgehead atoms. The van der Waals surface area contributed by atoms with E-state index in [-0.39, 0.29) is 0 Å². The van der Waals surface area contributed by atoms with Crippen LogP contribution in [-0.4, -0.2) is 35.6 Å². The van der Waals surface area contributed by atoms with Crippen LogP contribution in [-0.2, 0) is 0 Å². The Hall–Kier alpha value is -1.60. The van der Waals surface area contributed by atoms with Gasteiger partial charge in [0.05, 0.1) is 11.9 Å². The summed E-state index contributed by atoms with van der Waals surface area (Å²) in [5.41, 5.74) is 1.47. The fourth-order valence-corrected chi connectivity index (χ4v) is 2.24. The van der Waals surface area contributed by atoms with Crippen LogP contribution in [0.4, 0.5) is 5.69 Å². The smallest absolute Gasteiger partial charge is 0.140 e. The maximum Gasteiger partial charge on any atom is 0.140 e. The molecule has 0 saturated carbocycles. The van der Waals surface area contributed by atoms with E-state index in [1.807, 2.05) is 12.1 Å². The number of likely N-dealkylation sites (tertiary alicyclic amines) is 1. The second-order valence-electron chi connectivity index (χ2n) is 4.42. The number of hydrogen-bond donors (Lipinski definition) is 1. The number of piperidine rings is 1. The predicted molar refractivity (Wildman–Crippen MR) is 67.7 cm³/mol. The lowest BCUT2D eigenvalue weighted by Crippen LogP contribution is -2.41. The van der Waals surface area contributed by atoms with Crippen molar-refractivity contribution in [1.82, 2.24) is 9.88 Å². The zero-order valence-electron chi connectivity index (χ0n) is 10.2. The summed E-state index contributed by atoms with van der Waals surface area (Å²) in [6.45, 7) is 5.62. The normalized spacial score (nSPS) is 20.8. The fourth-order valence-electron chi connectivity index (χ4n) is 2.24. The van der Waals surface area contributed by atoms with Crippen LogP contribution in [0.3, 0.4) is 0 Å². The highest BCUT2D eigenvalue weighted by atomic mass is 15.2. The van der Waals surface area contributed by atoms with Crippen LogP contribution in [0, 0.1) is 11.3 Å². The Balaban J connectivity index is 1.93. The van der Waals surface area contributed by atoms with Crippen molar-refractivity contribution in [3.63, 3.8) is 0 Å². The van der Waals surface area contributed by atoms with Gasteiger partial charge >= 0.3 is 0 Å². The lowest BCUT2D eigenvalue weighted by atomic mass is 10.1. The number of anilines is 1. The quantitative estimate of drug-likeness (QED) is 0.861. The van der Waals surface area contributed by atoms with E-state index in [1.54, 1.807) is 12.3 Å². The number of hydrogen-bond acceptors (Lipinski definition) is 4. The van der Waals surface area contributed by atoms with Crippen LogP contribution in [0.5, 0.6) is 0 Å². The van der Waals surface area contributed by atoms with Crippen LogP contribution in [0.2, 0.25) is 0 Å². The molecule has 1 saturated heterocycles. The van der Waals surface area contributed by atoms with Gasteiger partial charge in [-0.05, 0) is 38.1 Å². The number of nitrogens with zero attached hydrogens (tertiary/aromatic N) is 3. The molecule has 1 aliphatic rings. The summed E-state index contributed by atoms with van der Waals surface area (Å²) in [4.78, 5) is 6.52. The maximum absolute atomic E-state index is 8.68. The molecule has 1 fully saturated rings. The molecular formula is C13H18N4. The van der Waals surface area contributed by atoms with Crippen molar-refractivity contribution in [2.45, 2.75) is 25.8 Å². The molecule has 1 unspecified atom stereocenters. The highest BCUT2D eigenvalue weighted by Gasteiger charge is 2.18. The lowest BCUT2D eigenvalue weighted by Gasteiger charge is -2.32. The summed E-state index contributed by atoms with van der Waals surface area (Å²) in [6.07, 6.45) is 4.19. The molecule has 4 heteroatoms. The first-order valence-electron chi connectivity index (χ1n) is 6.17. The number of nitriles is 1. The van der Waals surface area contributed by atoms with Crippen molar-refractivity contribution in [1.29, 1.82) is 5.26 Å². The largest absolute Gasteiger partial charge is 0.380 e. The highest BCUT2D eigenvalue weighted by Crippen LogP contribution is 2.15. The van der Waals surface area contributed by atoms with Crippen LogP contribution in [0.25, 0.3) is 0 Å². The van der Waals surface area contributed by atoms with Gasteiger partial charge in [-0.1, -0.05) is 6.92 Å². The zero-order valence-corrected chi connectivity index (χ0v) is 10.2. The monoisotopic (exact) mass is 230 g/mol. The molecule has 1 aliphatic heterocycles. The standard InChI is InChI=1S/C13H18N4/c1-2-17-7-3-4-13(10-17)16-12-6-5-11(8-14)15-9-12/h5-6,9,13,16H,2-4,7,10H2,1H3. The molecule has 1 aromatic heterocycles. The third kappa shape index (κ3) is 3.18. The average Bonchev–Trinajstić information content (AvgIpc) is 2.40. The average molecular weight is 230 g/mol. The van der Waals surface area contributed by atoms with Crippen molar-refractivity contribution < 1.29 is 0 Å². The molecule has 1 N–H and O–H groups in total. The Morgan fingerprint density at radius 2 is 2.47 bits per heavy atom. The summed E-state index contributed by atoms with van der Waals surface area (Å²) in [5.74, 6) is 0. The lowest BCUT2D eigenvalue weighted by molar-refractivity contribution is 0.227. The summed E-state index contributed by atoms with van der Waals surface area (Å²) in [6, 6.07) is 6.21. The molecule has 1 aromatic rings. The second kappa shape index (κ2) is 5.65. The van der Waals surface area contributed by atoms with E-state index in [4.69, 9.17) is 5.26 Å². The minimum Gasteiger partial charge on any atom is -0.380 e. The Bertz CT molecular complexity index is 393. The van der Waals surface area contributed by atoms with Crippen molar-refractivity contribution in [3.8, 4) is 6.07 Å². The minimum absolute atomic E-state index is 0.467. The van der Waals surface area contributed by atoms with Gasteiger partial charge in [-0.15, -0.1) is 0 Å². The first-order valence-corrected chi connectivity index (χ1v) is 6.17. The van der Waals surface area contributed by atoms with Gasteiger partial charge in [0.2, 0.25) is 0 Å². The molecular weight excluding hydrogens is 212 g/mol.